The largest absolute Gasteiger partial charge is 0.372 e. The molecule has 18 heavy (non-hydrogen) atoms. The Balaban J connectivity index is 3.42. The van der Waals surface area contributed by atoms with Crippen molar-refractivity contribution >= 4 is 0 Å². The topological polar surface area (TPSA) is 35.2 Å². The molecular formula is C16H27NO. The second-order valence-corrected chi connectivity index (χ2v) is 6.37. The van der Waals surface area contributed by atoms with Gasteiger partial charge in [-0.2, -0.15) is 0 Å². The summed E-state index contributed by atoms with van der Waals surface area (Å²) in [5, 5.41) is 0. The summed E-state index contributed by atoms with van der Waals surface area (Å²) < 4.78 is 5.64. The van der Waals surface area contributed by atoms with Crippen molar-refractivity contribution in [2.45, 2.75) is 52.6 Å². The van der Waals surface area contributed by atoms with Crippen LogP contribution in [0.5, 0.6) is 0 Å². The van der Waals surface area contributed by atoms with Crippen LogP contribution in [0.3, 0.4) is 0 Å². The number of hydrogen-bond acceptors (Lipinski definition) is 2. The number of ether oxygens (including phenoxy) is 1. The van der Waals surface area contributed by atoms with E-state index in [4.69, 9.17) is 10.5 Å². The van der Waals surface area contributed by atoms with Crippen LogP contribution in [0.25, 0.3) is 0 Å². The molecule has 1 rings (SSSR count). The maximum Gasteiger partial charge on any atom is 0.103 e. The van der Waals surface area contributed by atoms with Crippen LogP contribution in [0.2, 0.25) is 0 Å². The molecule has 0 heterocycles. The number of benzene rings is 1. The molecule has 0 radical (unpaired) electrons. The van der Waals surface area contributed by atoms with E-state index in [2.05, 4.69) is 53.7 Å². The van der Waals surface area contributed by atoms with Gasteiger partial charge in [0.15, 0.2) is 0 Å². The second kappa shape index (κ2) is 5.02. The van der Waals surface area contributed by atoms with Gasteiger partial charge in [0.25, 0.3) is 0 Å². The molecule has 0 aromatic heterocycles. The first-order valence-electron chi connectivity index (χ1n) is 6.53. The third-order valence-electron chi connectivity index (χ3n) is 3.77. The molecule has 0 bridgehead atoms. The summed E-state index contributed by atoms with van der Waals surface area (Å²) in [4.78, 5) is 0. The molecule has 0 aliphatic rings. The van der Waals surface area contributed by atoms with Crippen molar-refractivity contribution in [3.05, 3.63) is 34.4 Å². The van der Waals surface area contributed by atoms with Crippen LogP contribution in [0.15, 0.2) is 12.1 Å². The summed E-state index contributed by atoms with van der Waals surface area (Å²) in [7, 11) is 1.73. The number of methoxy groups -OCH3 is 1. The average molecular weight is 249 g/mol. The fourth-order valence-corrected chi connectivity index (χ4v) is 2.52. The highest BCUT2D eigenvalue weighted by Crippen LogP contribution is 2.33. The van der Waals surface area contributed by atoms with Crippen LogP contribution >= 0.6 is 0 Å². The van der Waals surface area contributed by atoms with E-state index < -0.39 is 5.60 Å². The van der Waals surface area contributed by atoms with E-state index in [-0.39, 0.29) is 5.41 Å². The Morgan fingerprint density at radius 3 is 1.78 bits per heavy atom. The van der Waals surface area contributed by atoms with Gasteiger partial charge in [0, 0.05) is 13.7 Å². The minimum Gasteiger partial charge on any atom is -0.372 e. The van der Waals surface area contributed by atoms with Gasteiger partial charge >= 0.3 is 0 Å². The molecule has 102 valence electrons. The first-order chi connectivity index (χ1) is 8.15. The van der Waals surface area contributed by atoms with E-state index in [1.165, 1.54) is 22.3 Å². The highest BCUT2D eigenvalue weighted by molar-refractivity contribution is 5.43. The lowest BCUT2D eigenvalue weighted by molar-refractivity contribution is 0.00902. The van der Waals surface area contributed by atoms with E-state index in [0.717, 1.165) is 0 Å². The molecule has 0 saturated carbocycles. The molecule has 2 nitrogen and oxygen atoms in total. The summed E-state index contributed by atoms with van der Waals surface area (Å²) in [5.74, 6) is 0. The van der Waals surface area contributed by atoms with Crippen molar-refractivity contribution in [2.24, 2.45) is 5.73 Å². The predicted octanol–water partition coefficient (Wildman–Crippen LogP) is 3.42. The van der Waals surface area contributed by atoms with E-state index in [9.17, 15) is 0 Å². The Hall–Kier alpha value is -0.860. The Labute approximate surface area is 112 Å². The Kier molecular flexibility index (Phi) is 4.24. The molecule has 1 atom stereocenters. The minimum atomic E-state index is -0.398. The second-order valence-electron chi connectivity index (χ2n) is 6.37. The summed E-state index contributed by atoms with van der Waals surface area (Å²) in [5.41, 5.74) is 10.8. The molecule has 1 aromatic rings. The first-order valence-corrected chi connectivity index (χ1v) is 6.53. The van der Waals surface area contributed by atoms with Crippen LogP contribution in [0.4, 0.5) is 0 Å². The van der Waals surface area contributed by atoms with Crippen LogP contribution in [-0.2, 0) is 15.8 Å². The number of nitrogens with two attached hydrogens (primary N) is 1. The molecule has 0 spiro atoms. The van der Waals surface area contributed by atoms with Gasteiger partial charge in [-0.15, -0.1) is 0 Å². The van der Waals surface area contributed by atoms with Crippen LogP contribution in [-0.4, -0.2) is 13.7 Å². The summed E-state index contributed by atoms with van der Waals surface area (Å²) in [6, 6.07) is 4.52. The first kappa shape index (κ1) is 15.2. The van der Waals surface area contributed by atoms with Gasteiger partial charge in [-0.05, 0) is 48.4 Å². The molecule has 0 fully saturated rings. The van der Waals surface area contributed by atoms with E-state index in [0.29, 0.717) is 6.54 Å². The summed E-state index contributed by atoms with van der Waals surface area (Å²) >= 11 is 0. The zero-order valence-corrected chi connectivity index (χ0v) is 12.8. The minimum absolute atomic E-state index is 0.167. The zero-order chi connectivity index (χ0) is 14.1. The Morgan fingerprint density at radius 1 is 1.06 bits per heavy atom. The number of hydrogen-bond donors (Lipinski definition) is 1. The SMILES string of the molecule is COC(C)(CN)c1c(C)cc(C(C)(C)C)cc1C. The Morgan fingerprint density at radius 2 is 1.50 bits per heavy atom. The monoisotopic (exact) mass is 249 g/mol. The lowest BCUT2D eigenvalue weighted by atomic mass is 9.80. The number of rotatable bonds is 3. The molecule has 2 heteroatoms. The van der Waals surface area contributed by atoms with Gasteiger partial charge in [-0.3, -0.25) is 0 Å². The predicted molar refractivity (Wildman–Crippen MR) is 78.0 cm³/mol. The molecular weight excluding hydrogens is 222 g/mol. The van der Waals surface area contributed by atoms with Crippen LogP contribution < -0.4 is 5.73 Å². The van der Waals surface area contributed by atoms with Crippen LogP contribution in [0.1, 0.15) is 49.9 Å². The fourth-order valence-electron chi connectivity index (χ4n) is 2.52. The summed E-state index contributed by atoms with van der Waals surface area (Å²) in [6.45, 7) is 13.5. The molecule has 0 aliphatic heterocycles. The Bertz CT molecular complexity index is 402. The van der Waals surface area contributed by atoms with Crippen molar-refractivity contribution < 1.29 is 4.74 Å². The smallest absolute Gasteiger partial charge is 0.103 e. The lowest BCUT2D eigenvalue weighted by Gasteiger charge is -2.32. The van der Waals surface area contributed by atoms with E-state index in [1.807, 2.05) is 0 Å². The van der Waals surface area contributed by atoms with Gasteiger partial charge in [-0.1, -0.05) is 32.9 Å². The molecule has 0 amide bonds. The molecule has 0 aliphatic carbocycles. The molecule has 2 N–H and O–H groups in total. The maximum absolute atomic E-state index is 5.89. The number of aryl methyl sites for hydroxylation is 2. The quantitative estimate of drug-likeness (QED) is 0.891. The normalized spacial score (nSPS) is 15.6. The van der Waals surface area contributed by atoms with Gasteiger partial charge < -0.3 is 10.5 Å². The van der Waals surface area contributed by atoms with Gasteiger partial charge in [0.1, 0.15) is 5.60 Å². The standard InChI is InChI=1S/C16H27NO/c1-11-8-13(15(3,4)5)9-12(2)14(11)16(6,10-17)18-7/h8-9H,10,17H2,1-7H3. The lowest BCUT2D eigenvalue weighted by Crippen LogP contribution is -2.35. The molecule has 0 saturated heterocycles. The summed E-state index contributed by atoms with van der Waals surface area (Å²) in [6.07, 6.45) is 0. The van der Waals surface area contributed by atoms with E-state index in [1.54, 1.807) is 7.11 Å². The van der Waals surface area contributed by atoms with Crippen molar-refractivity contribution in [1.82, 2.24) is 0 Å². The van der Waals surface area contributed by atoms with Gasteiger partial charge in [0.05, 0.1) is 0 Å². The van der Waals surface area contributed by atoms with Crippen LogP contribution in [0, 0.1) is 13.8 Å². The highest BCUT2D eigenvalue weighted by atomic mass is 16.5. The van der Waals surface area contributed by atoms with Gasteiger partial charge in [0.2, 0.25) is 0 Å². The molecule has 1 unspecified atom stereocenters. The van der Waals surface area contributed by atoms with Gasteiger partial charge in [-0.25, -0.2) is 0 Å². The third kappa shape index (κ3) is 2.76. The van der Waals surface area contributed by atoms with E-state index >= 15 is 0 Å². The fraction of sp³-hybridized carbons (Fsp3) is 0.625. The third-order valence-corrected chi connectivity index (χ3v) is 3.77. The zero-order valence-electron chi connectivity index (χ0n) is 12.8. The van der Waals surface area contributed by atoms with Crippen molar-refractivity contribution in [3.63, 3.8) is 0 Å². The maximum atomic E-state index is 5.89. The average Bonchev–Trinajstić information content (AvgIpc) is 2.26. The van der Waals surface area contributed by atoms with Crippen molar-refractivity contribution in [2.75, 3.05) is 13.7 Å². The van der Waals surface area contributed by atoms with Crippen molar-refractivity contribution in [1.29, 1.82) is 0 Å². The highest BCUT2D eigenvalue weighted by Gasteiger charge is 2.29. The molecule has 1 aromatic carbocycles. The van der Waals surface area contributed by atoms with Crippen molar-refractivity contribution in [3.8, 4) is 0 Å².